The number of carboxylic acids is 1. The van der Waals surface area contributed by atoms with Gasteiger partial charge in [-0.3, -0.25) is 9.59 Å². The van der Waals surface area contributed by atoms with Crippen LogP contribution in [0.15, 0.2) is 59.8 Å². The second-order valence-corrected chi connectivity index (χ2v) is 7.70. The standard InChI is InChI=1S/C22H24N2O4S/c1-3-16(19(25)26)22(4-2,14-15-10-6-5-7-11-15)20(27)28-29-21-23-17-12-8-9-13-18(17)24-21/h5-13,16H,3-4,14H2,1-2H3,(H,23,24)(H,25,26). The fourth-order valence-electron chi connectivity index (χ4n) is 3.74. The van der Waals surface area contributed by atoms with Crippen molar-refractivity contribution in [3.63, 3.8) is 0 Å². The van der Waals surface area contributed by atoms with Gasteiger partial charge in [-0.1, -0.05) is 56.3 Å². The molecule has 0 bridgehead atoms. The van der Waals surface area contributed by atoms with E-state index in [2.05, 4.69) is 9.97 Å². The molecule has 152 valence electrons. The van der Waals surface area contributed by atoms with Crippen LogP contribution < -0.4 is 0 Å². The fraction of sp³-hybridized carbons (Fsp3) is 0.318. The Morgan fingerprint density at radius 2 is 1.83 bits per heavy atom. The molecule has 3 aromatic rings. The number of hydrogen-bond donors (Lipinski definition) is 2. The summed E-state index contributed by atoms with van der Waals surface area (Å²) in [6.07, 6.45) is 0.987. The van der Waals surface area contributed by atoms with Crippen molar-refractivity contribution < 1.29 is 18.9 Å². The number of hydrogen-bond acceptors (Lipinski definition) is 5. The molecule has 0 aliphatic rings. The Kier molecular flexibility index (Phi) is 6.59. The molecule has 3 rings (SSSR count). The number of carbonyl (C=O) groups is 2. The first-order valence-corrected chi connectivity index (χ1v) is 10.3. The van der Waals surface area contributed by atoms with Crippen molar-refractivity contribution in [3.8, 4) is 0 Å². The SMILES string of the molecule is CCC(C(=O)O)C(CC)(Cc1ccccc1)C(=O)OSc1nc2ccccc2[nH]1. The highest BCUT2D eigenvalue weighted by Crippen LogP contribution is 2.41. The molecule has 0 radical (unpaired) electrons. The van der Waals surface area contributed by atoms with Gasteiger partial charge < -0.3 is 14.3 Å². The van der Waals surface area contributed by atoms with Crippen molar-refractivity contribution in [1.29, 1.82) is 0 Å². The molecule has 0 aliphatic carbocycles. The maximum absolute atomic E-state index is 13.2. The van der Waals surface area contributed by atoms with Crippen molar-refractivity contribution in [2.75, 3.05) is 0 Å². The van der Waals surface area contributed by atoms with E-state index in [-0.39, 0.29) is 0 Å². The average Bonchev–Trinajstić information content (AvgIpc) is 3.15. The monoisotopic (exact) mass is 412 g/mol. The van der Waals surface area contributed by atoms with Gasteiger partial charge in [0.1, 0.15) is 12.0 Å². The van der Waals surface area contributed by atoms with E-state index in [4.69, 9.17) is 4.18 Å². The number of H-pyrrole nitrogens is 1. The van der Waals surface area contributed by atoms with Crippen LogP contribution in [-0.4, -0.2) is 27.0 Å². The first-order chi connectivity index (χ1) is 14.0. The number of nitrogens with one attached hydrogen (secondary N) is 1. The van der Waals surface area contributed by atoms with E-state index in [0.29, 0.717) is 24.4 Å². The van der Waals surface area contributed by atoms with Crippen LogP contribution in [0.3, 0.4) is 0 Å². The molecule has 2 aromatic carbocycles. The smallest absolute Gasteiger partial charge is 0.325 e. The molecule has 7 heteroatoms. The molecule has 1 aromatic heterocycles. The van der Waals surface area contributed by atoms with Gasteiger partial charge in [-0.15, -0.1) is 0 Å². The molecule has 0 amide bonds. The number of carbonyl (C=O) groups excluding carboxylic acids is 1. The zero-order chi connectivity index (χ0) is 20.9. The lowest BCUT2D eigenvalue weighted by molar-refractivity contribution is -0.160. The topological polar surface area (TPSA) is 92.3 Å². The van der Waals surface area contributed by atoms with E-state index in [0.717, 1.165) is 28.6 Å². The second-order valence-electron chi connectivity index (χ2n) is 6.98. The second kappa shape index (κ2) is 9.13. The van der Waals surface area contributed by atoms with E-state index in [9.17, 15) is 14.7 Å². The Hall–Kier alpha value is -2.80. The van der Waals surface area contributed by atoms with Gasteiger partial charge in [0.05, 0.1) is 22.4 Å². The minimum absolute atomic E-state index is 0.300. The van der Waals surface area contributed by atoms with Crippen molar-refractivity contribution in [3.05, 3.63) is 60.2 Å². The summed E-state index contributed by atoms with van der Waals surface area (Å²) in [5, 5.41) is 10.3. The molecular formula is C22H24N2O4S. The van der Waals surface area contributed by atoms with Gasteiger partial charge >= 0.3 is 11.9 Å². The van der Waals surface area contributed by atoms with Crippen LogP contribution in [0, 0.1) is 11.3 Å². The third-order valence-electron chi connectivity index (χ3n) is 5.34. The maximum atomic E-state index is 13.2. The lowest BCUT2D eigenvalue weighted by Crippen LogP contribution is -2.44. The number of aromatic nitrogens is 2. The predicted octanol–water partition coefficient (Wildman–Crippen LogP) is 4.86. The highest BCUT2D eigenvalue weighted by Gasteiger charge is 2.48. The highest BCUT2D eigenvalue weighted by atomic mass is 32.2. The number of nitrogens with zero attached hydrogens (tertiary/aromatic N) is 1. The number of carboxylic acid groups (broad SMARTS) is 1. The number of aromatic amines is 1. The van der Waals surface area contributed by atoms with E-state index in [1.54, 1.807) is 6.92 Å². The van der Waals surface area contributed by atoms with Gasteiger partial charge in [-0.05, 0) is 37.0 Å². The average molecular weight is 413 g/mol. The summed E-state index contributed by atoms with van der Waals surface area (Å²) < 4.78 is 5.54. The molecule has 1 heterocycles. The quantitative estimate of drug-likeness (QED) is 0.488. The summed E-state index contributed by atoms with van der Waals surface area (Å²) in [5.74, 6) is -2.38. The van der Waals surface area contributed by atoms with Crippen LogP contribution in [0.5, 0.6) is 0 Å². The van der Waals surface area contributed by atoms with Crippen LogP contribution in [-0.2, 0) is 20.2 Å². The lowest BCUT2D eigenvalue weighted by atomic mass is 9.68. The van der Waals surface area contributed by atoms with E-state index < -0.39 is 23.3 Å². The molecule has 0 saturated heterocycles. The minimum Gasteiger partial charge on any atom is -0.481 e. The third kappa shape index (κ3) is 4.45. The number of fused-ring (bicyclic) bond motifs is 1. The van der Waals surface area contributed by atoms with E-state index in [1.165, 1.54) is 0 Å². The summed E-state index contributed by atoms with van der Waals surface area (Å²) in [5.41, 5.74) is 1.35. The predicted molar refractivity (Wildman–Crippen MR) is 112 cm³/mol. The van der Waals surface area contributed by atoms with Crippen molar-refractivity contribution in [1.82, 2.24) is 9.97 Å². The van der Waals surface area contributed by atoms with Gasteiger partial charge in [-0.25, -0.2) is 4.98 Å². The van der Waals surface area contributed by atoms with Gasteiger partial charge in [-0.2, -0.15) is 0 Å². The molecule has 6 nitrogen and oxygen atoms in total. The van der Waals surface area contributed by atoms with Crippen LogP contribution >= 0.6 is 12.0 Å². The van der Waals surface area contributed by atoms with Crippen LogP contribution in [0.4, 0.5) is 0 Å². The Bertz CT molecular complexity index is 956. The molecule has 2 unspecified atom stereocenters. The Morgan fingerprint density at radius 1 is 1.14 bits per heavy atom. The summed E-state index contributed by atoms with van der Waals surface area (Å²) in [4.78, 5) is 32.7. The van der Waals surface area contributed by atoms with Gasteiger partial charge in [0.25, 0.3) is 0 Å². The molecule has 29 heavy (non-hydrogen) atoms. The number of aliphatic carboxylic acids is 1. The molecule has 0 saturated carbocycles. The van der Waals surface area contributed by atoms with E-state index >= 15 is 0 Å². The molecule has 0 spiro atoms. The summed E-state index contributed by atoms with van der Waals surface area (Å²) in [6, 6.07) is 17.0. The van der Waals surface area contributed by atoms with E-state index in [1.807, 2.05) is 61.5 Å². The Morgan fingerprint density at radius 3 is 2.45 bits per heavy atom. The molecule has 2 atom stereocenters. The number of imidazole rings is 1. The zero-order valence-corrected chi connectivity index (χ0v) is 17.2. The maximum Gasteiger partial charge on any atom is 0.325 e. The van der Waals surface area contributed by atoms with Crippen molar-refractivity contribution in [2.45, 2.75) is 38.3 Å². The molecule has 2 N–H and O–H groups in total. The number of rotatable bonds is 9. The number of benzene rings is 2. The minimum atomic E-state index is -1.17. The largest absolute Gasteiger partial charge is 0.481 e. The third-order valence-corrected chi connectivity index (χ3v) is 5.92. The van der Waals surface area contributed by atoms with Crippen LogP contribution in [0.25, 0.3) is 11.0 Å². The normalized spacial score (nSPS) is 14.3. The van der Waals surface area contributed by atoms with Gasteiger partial charge in [0.15, 0.2) is 0 Å². The van der Waals surface area contributed by atoms with Gasteiger partial charge in [0.2, 0.25) is 5.16 Å². The van der Waals surface area contributed by atoms with Crippen LogP contribution in [0.2, 0.25) is 0 Å². The zero-order valence-electron chi connectivity index (χ0n) is 16.4. The highest BCUT2D eigenvalue weighted by molar-refractivity contribution is 7.94. The Labute approximate surface area is 173 Å². The van der Waals surface area contributed by atoms with Crippen LogP contribution in [0.1, 0.15) is 32.3 Å². The first-order valence-electron chi connectivity index (χ1n) is 9.60. The number of para-hydroxylation sites is 2. The summed E-state index contributed by atoms with van der Waals surface area (Å²) in [6.45, 7) is 3.62. The molecular weight excluding hydrogens is 388 g/mol. The lowest BCUT2D eigenvalue weighted by Gasteiger charge is -2.35. The Balaban J connectivity index is 1.86. The van der Waals surface area contributed by atoms with Crippen molar-refractivity contribution in [2.24, 2.45) is 11.3 Å². The summed E-state index contributed by atoms with van der Waals surface area (Å²) in [7, 11) is 0. The first kappa shape index (κ1) is 20.9. The summed E-state index contributed by atoms with van der Waals surface area (Å²) >= 11 is 0.838. The molecule has 0 aliphatic heterocycles. The fourth-order valence-corrected chi connectivity index (χ4v) is 4.35. The van der Waals surface area contributed by atoms with Gasteiger partial charge in [0, 0.05) is 0 Å². The van der Waals surface area contributed by atoms with Crippen molar-refractivity contribution >= 4 is 35.0 Å². The molecule has 0 fully saturated rings.